The van der Waals surface area contributed by atoms with Crippen LogP contribution in [0.5, 0.6) is 5.75 Å². The number of hydrogen-bond donors (Lipinski definition) is 2. The SMILES string of the molecule is Cc1ccccc1N(CC(=O)N/N=C/c1ccccc1O)S(C)(=O)=O. The number of nitrogens with one attached hydrogen (secondary N) is 1. The third-order valence-electron chi connectivity index (χ3n) is 3.40. The van der Waals surface area contributed by atoms with Crippen LogP contribution in [-0.4, -0.2) is 38.4 Å². The number of para-hydroxylation sites is 2. The number of hydrogen-bond acceptors (Lipinski definition) is 5. The number of amides is 1. The van der Waals surface area contributed by atoms with Crippen LogP contribution in [-0.2, 0) is 14.8 Å². The zero-order valence-electron chi connectivity index (χ0n) is 13.9. The predicted octanol–water partition coefficient (Wildman–Crippen LogP) is 1.62. The highest BCUT2D eigenvalue weighted by Crippen LogP contribution is 2.21. The summed E-state index contributed by atoms with van der Waals surface area (Å²) in [6.45, 7) is 1.36. The van der Waals surface area contributed by atoms with Crippen LogP contribution in [0.3, 0.4) is 0 Å². The number of phenolic OH excluding ortho intramolecular Hbond substituents is 1. The maximum Gasteiger partial charge on any atom is 0.260 e. The van der Waals surface area contributed by atoms with E-state index in [2.05, 4.69) is 10.5 Å². The molecule has 0 bridgehead atoms. The number of phenols is 1. The van der Waals surface area contributed by atoms with Crippen LogP contribution in [0.4, 0.5) is 5.69 Å². The van der Waals surface area contributed by atoms with Crippen LogP contribution in [0.2, 0.25) is 0 Å². The molecule has 0 aliphatic rings. The summed E-state index contributed by atoms with van der Waals surface area (Å²) in [5.41, 5.74) is 3.87. The van der Waals surface area contributed by atoms with Crippen LogP contribution in [0.1, 0.15) is 11.1 Å². The van der Waals surface area contributed by atoms with Crippen molar-refractivity contribution in [1.29, 1.82) is 0 Å². The average Bonchev–Trinajstić information content (AvgIpc) is 2.54. The summed E-state index contributed by atoms with van der Waals surface area (Å²) < 4.78 is 25.1. The minimum absolute atomic E-state index is 0.0261. The van der Waals surface area contributed by atoms with Gasteiger partial charge in [-0.3, -0.25) is 9.10 Å². The molecule has 0 fully saturated rings. The zero-order valence-corrected chi connectivity index (χ0v) is 14.7. The van der Waals surface area contributed by atoms with E-state index in [1.165, 1.54) is 12.3 Å². The number of aromatic hydroxyl groups is 1. The van der Waals surface area contributed by atoms with Crippen LogP contribution < -0.4 is 9.73 Å². The Hall–Kier alpha value is -2.87. The standard InChI is InChI=1S/C17H19N3O4S/c1-13-7-3-5-9-15(13)20(25(2,23)24)12-17(22)19-18-11-14-8-4-6-10-16(14)21/h3-11,21H,12H2,1-2H3,(H,19,22)/b18-11+. The molecule has 7 nitrogen and oxygen atoms in total. The molecule has 25 heavy (non-hydrogen) atoms. The Morgan fingerprint density at radius 3 is 2.48 bits per heavy atom. The Morgan fingerprint density at radius 1 is 1.20 bits per heavy atom. The summed E-state index contributed by atoms with van der Waals surface area (Å²) in [6.07, 6.45) is 2.32. The fourth-order valence-electron chi connectivity index (χ4n) is 2.16. The minimum Gasteiger partial charge on any atom is -0.507 e. The van der Waals surface area contributed by atoms with Gasteiger partial charge in [-0.05, 0) is 30.7 Å². The van der Waals surface area contributed by atoms with E-state index in [1.54, 1.807) is 49.4 Å². The molecule has 0 heterocycles. The van der Waals surface area contributed by atoms with Gasteiger partial charge in [-0.15, -0.1) is 0 Å². The number of sulfonamides is 1. The number of nitrogens with zero attached hydrogens (tertiary/aromatic N) is 2. The summed E-state index contributed by atoms with van der Waals surface area (Å²) in [7, 11) is -3.64. The van der Waals surface area contributed by atoms with Gasteiger partial charge in [-0.2, -0.15) is 5.10 Å². The number of aryl methyl sites for hydroxylation is 1. The van der Waals surface area contributed by atoms with Crippen LogP contribution >= 0.6 is 0 Å². The Morgan fingerprint density at radius 2 is 1.84 bits per heavy atom. The number of benzene rings is 2. The van der Waals surface area contributed by atoms with Crippen LogP contribution in [0.15, 0.2) is 53.6 Å². The van der Waals surface area contributed by atoms with Gasteiger partial charge >= 0.3 is 0 Å². The van der Waals surface area contributed by atoms with E-state index < -0.39 is 22.5 Å². The number of rotatable bonds is 6. The third-order valence-corrected chi connectivity index (χ3v) is 4.53. The summed E-state index contributed by atoms with van der Waals surface area (Å²) in [4.78, 5) is 12.1. The molecule has 1 amide bonds. The largest absolute Gasteiger partial charge is 0.507 e. The Kier molecular flexibility index (Phi) is 5.76. The van der Waals surface area contributed by atoms with Crippen molar-refractivity contribution in [1.82, 2.24) is 5.43 Å². The Bertz CT molecular complexity index is 894. The summed E-state index contributed by atoms with van der Waals surface area (Å²) >= 11 is 0. The molecule has 2 aromatic carbocycles. The van der Waals surface area contributed by atoms with Gasteiger partial charge in [0.2, 0.25) is 10.0 Å². The first kappa shape index (κ1) is 18.5. The molecule has 0 saturated carbocycles. The first-order valence-electron chi connectivity index (χ1n) is 7.42. The number of anilines is 1. The molecular formula is C17H19N3O4S. The average molecular weight is 361 g/mol. The molecule has 0 aliphatic heterocycles. The molecule has 8 heteroatoms. The van der Waals surface area contributed by atoms with Crippen molar-refractivity contribution in [2.45, 2.75) is 6.92 Å². The fourth-order valence-corrected chi connectivity index (χ4v) is 3.07. The second kappa shape index (κ2) is 7.80. The first-order valence-corrected chi connectivity index (χ1v) is 9.27. The molecule has 2 rings (SSSR count). The third kappa shape index (κ3) is 5.05. The van der Waals surface area contributed by atoms with Crippen molar-refractivity contribution >= 4 is 27.8 Å². The molecule has 132 valence electrons. The zero-order chi connectivity index (χ0) is 18.4. The summed E-state index contributed by atoms with van der Waals surface area (Å²) in [5, 5.41) is 13.4. The maximum atomic E-state index is 12.1. The normalized spacial score (nSPS) is 11.4. The van der Waals surface area contributed by atoms with E-state index in [0.29, 0.717) is 11.3 Å². The van der Waals surface area contributed by atoms with Gasteiger partial charge in [0.25, 0.3) is 5.91 Å². The van der Waals surface area contributed by atoms with Crippen molar-refractivity contribution in [2.75, 3.05) is 17.1 Å². The van der Waals surface area contributed by atoms with E-state index >= 15 is 0 Å². The van der Waals surface area contributed by atoms with Crippen molar-refractivity contribution in [2.24, 2.45) is 5.10 Å². The smallest absolute Gasteiger partial charge is 0.260 e. The lowest BCUT2D eigenvalue weighted by Gasteiger charge is -2.23. The maximum absolute atomic E-state index is 12.1. The van der Waals surface area contributed by atoms with Crippen molar-refractivity contribution in [3.8, 4) is 5.75 Å². The lowest BCUT2D eigenvalue weighted by molar-refractivity contribution is -0.119. The van der Waals surface area contributed by atoms with E-state index in [4.69, 9.17) is 0 Å². The summed E-state index contributed by atoms with van der Waals surface area (Å²) in [6, 6.07) is 13.4. The molecule has 0 unspecified atom stereocenters. The molecule has 0 radical (unpaired) electrons. The number of carbonyl (C=O) groups is 1. The predicted molar refractivity (Wildman–Crippen MR) is 97.2 cm³/mol. The number of carbonyl (C=O) groups excluding carboxylic acids is 1. The molecular weight excluding hydrogens is 342 g/mol. The summed E-state index contributed by atoms with van der Waals surface area (Å²) in [5.74, 6) is -0.571. The monoisotopic (exact) mass is 361 g/mol. The molecule has 0 aromatic heterocycles. The highest BCUT2D eigenvalue weighted by atomic mass is 32.2. The van der Waals surface area contributed by atoms with Crippen molar-refractivity contribution in [3.05, 3.63) is 59.7 Å². The fraction of sp³-hybridized carbons (Fsp3) is 0.176. The van der Waals surface area contributed by atoms with Crippen LogP contribution in [0.25, 0.3) is 0 Å². The van der Waals surface area contributed by atoms with E-state index in [-0.39, 0.29) is 5.75 Å². The van der Waals surface area contributed by atoms with E-state index in [1.807, 2.05) is 0 Å². The molecule has 0 saturated heterocycles. The van der Waals surface area contributed by atoms with Gasteiger partial charge in [-0.25, -0.2) is 13.8 Å². The Balaban J connectivity index is 2.11. The molecule has 2 N–H and O–H groups in total. The van der Waals surface area contributed by atoms with Gasteiger partial charge in [-0.1, -0.05) is 30.3 Å². The Labute approximate surface area is 146 Å². The van der Waals surface area contributed by atoms with Crippen LogP contribution in [0, 0.1) is 6.92 Å². The van der Waals surface area contributed by atoms with Gasteiger partial charge in [0.05, 0.1) is 18.2 Å². The molecule has 0 aliphatic carbocycles. The second-order valence-electron chi connectivity index (χ2n) is 5.41. The van der Waals surface area contributed by atoms with Crippen molar-refractivity contribution < 1.29 is 18.3 Å². The highest BCUT2D eigenvalue weighted by molar-refractivity contribution is 7.92. The number of hydrazone groups is 1. The topological polar surface area (TPSA) is 99.1 Å². The minimum atomic E-state index is -3.64. The van der Waals surface area contributed by atoms with Gasteiger partial charge < -0.3 is 5.11 Å². The van der Waals surface area contributed by atoms with E-state index in [9.17, 15) is 18.3 Å². The van der Waals surface area contributed by atoms with Gasteiger partial charge in [0.15, 0.2) is 0 Å². The van der Waals surface area contributed by atoms with Crippen molar-refractivity contribution in [3.63, 3.8) is 0 Å². The quantitative estimate of drug-likeness (QED) is 0.603. The van der Waals surface area contributed by atoms with Gasteiger partial charge in [0, 0.05) is 5.56 Å². The van der Waals surface area contributed by atoms with E-state index in [0.717, 1.165) is 16.1 Å². The van der Waals surface area contributed by atoms with Gasteiger partial charge in [0.1, 0.15) is 12.3 Å². The lowest BCUT2D eigenvalue weighted by Crippen LogP contribution is -2.39. The molecule has 2 aromatic rings. The molecule has 0 spiro atoms. The highest BCUT2D eigenvalue weighted by Gasteiger charge is 2.21. The first-order chi connectivity index (χ1) is 11.8. The lowest BCUT2D eigenvalue weighted by atomic mass is 10.2. The second-order valence-corrected chi connectivity index (χ2v) is 7.31. The molecule has 0 atom stereocenters.